The van der Waals surface area contributed by atoms with Crippen LogP contribution in [0.2, 0.25) is 0 Å². The quantitative estimate of drug-likeness (QED) is 0.706. The monoisotopic (exact) mass is 264 g/mol. The molecule has 3 N–H and O–H groups in total. The molecule has 0 saturated heterocycles. The van der Waals surface area contributed by atoms with Crippen LogP contribution < -0.4 is 10.6 Å². The van der Waals surface area contributed by atoms with E-state index < -0.39 is 0 Å². The number of benzene rings is 1. The van der Waals surface area contributed by atoms with Crippen LogP contribution in [0.3, 0.4) is 0 Å². The van der Waals surface area contributed by atoms with E-state index in [4.69, 9.17) is 5.11 Å². The van der Waals surface area contributed by atoms with E-state index in [0.29, 0.717) is 12.3 Å². The molecule has 1 amide bonds. The van der Waals surface area contributed by atoms with Crippen LogP contribution in [0, 0.1) is 5.92 Å². The van der Waals surface area contributed by atoms with Crippen molar-refractivity contribution in [1.29, 1.82) is 0 Å². The van der Waals surface area contributed by atoms with Crippen molar-refractivity contribution < 1.29 is 9.90 Å². The van der Waals surface area contributed by atoms with Crippen LogP contribution in [0.5, 0.6) is 0 Å². The second-order valence-electron chi connectivity index (χ2n) is 5.11. The second kappa shape index (κ2) is 7.92. The van der Waals surface area contributed by atoms with E-state index in [9.17, 15) is 4.79 Å². The third kappa shape index (κ3) is 5.41. The number of carbonyl (C=O) groups excluding carboxylic acids is 1. The van der Waals surface area contributed by atoms with Gasteiger partial charge < -0.3 is 15.7 Å². The summed E-state index contributed by atoms with van der Waals surface area (Å²) < 4.78 is 0. The third-order valence-electron chi connectivity index (χ3n) is 3.14. The van der Waals surface area contributed by atoms with E-state index in [1.165, 1.54) is 0 Å². The van der Waals surface area contributed by atoms with Crippen molar-refractivity contribution in [2.45, 2.75) is 39.3 Å². The highest BCUT2D eigenvalue weighted by Gasteiger charge is 2.19. The van der Waals surface area contributed by atoms with E-state index in [-0.39, 0.29) is 24.6 Å². The van der Waals surface area contributed by atoms with Gasteiger partial charge in [0.15, 0.2) is 0 Å². The molecule has 1 rings (SSSR count). The number of hydrogen-bond acceptors (Lipinski definition) is 3. The van der Waals surface area contributed by atoms with Crippen LogP contribution in [0.1, 0.15) is 27.2 Å². The van der Waals surface area contributed by atoms with Gasteiger partial charge in [-0.05, 0) is 31.4 Å². The van der Waals surface area contributed by atoms with Crippen LogP contribution in [0.25, 0.3) is 0 Å². The van der Waals surface area contributed by atoms with Crippen LogP contribution in [-0.4, -0.2) is 29.7 Å². The van der Waals surface area contributed by atoms with Crippen LogP contribution in [0.15, 0.2) is 30.3 Å². The normalized spacial score (nSPS) is 14.2. The molecular formula is C15H24N2O2. The summed E-state index contributed by atoms with van der Waals surface area (Å²) in [6.07, 6.45) is 0.653. The number of anilines is 1. The number of amides is 1. The molecule has 0 spiro atoms. The van der Waals surface area contributed by atoms with Gasteiger partial charge in [0.25, 0.3) is 0 Å². The second-order valence-corrected chi connectivity index (χ2v) is 5.11. The first-order chi connectivity index (χ1) is 9.04. The van der Waals surface area contributed by atoms with Crippen molar-refractivity contribution in [3.05, 3.63) is 30.3 Å². The van der Waals surface area contributed by atoms with E-state index in [2.05, 4.69) is 24.5 Å². The molecule has 2 atom stereocenters. The minimum absolute atomic E-state index is 0.0604. The van der Waals surface area contributed by atoms with E-state index in [1.807, 2.05) is 37.3 Å². The summed E-state index contributed by atoms with van der Waals surface area (Å²) in [6, 6.07) is 9.25. The van der Waals surface area contributed by atoms with E-state index >= 15 is 0 Å². The van der Waals surface area contributed by atoms with Gasteiger partial charge in [0.05, 0.1) is 6.04 Å². The maximum atomic E-state index is 12.0. The molecule has 2 unspecified atom stereocenters. The maximum Gasteiger partial charge on any atom is 0.241 e. The molecule has 19 heavy (non-hydrogen) atoms. The average molecular weight is 264 g/mol. The van der Waals surface area contributed by atoms with Gasteiger partial charge in [-0.3, -0.25) is 4.79 Å². The molecule has 0 bridgehead atoms. The van der Waals surface area contributed by atoms with Gasteiger partial charge in [-0.25, -0.2) is 0 Å². The zero-order valence-corrected chi connectivity index (χ0v) is 11.9. The van der Waals surface area contributed by atoms with Gasteiger partial charge >= 0.3 is 0 Å². The van der Waals surface area contributed by atoms with Gasteiger partial charge in [0, 0.05) is 18.3 Å². The van der Waals surface area contributed by atoms with Gasteiger partial charge in [-0.1, -0.05) is 32.0 Å². The Morgan fingerprint density at radius 1 is 1.21 bits per heavy atom. The lowest BCUT2D eigenvalue weighted by atomic mass is 10.0. The van der Waals surface area contributed by atoms with Gasteiger partial charge in [0.1, 0.15) is 0 Å². The summed E-state index contributed by atoms with van der Waals surface area (Å²) in [5, 5.41) is 15.2. The Kier molecular flexibility index (Phi) is 6.53. The summed E-state index contributed by atoms with van der Waals surface area (Å²) in [7, 11) is 0. The highest BCUT2D eigenvalue weighted by molar-refractivity contribution is 5.94. The van der Waals surface area contributed by atoms with Gasteiger partial charge in [-0.2, -0.15) is 0 Å². The molecule has 4 nitrogen and oxygen atoms in total. The smallest absolute Gasteiger partial charge is 0.241 e. The van der Waals surface area contributed by atoms with E-state index in [1.54, 1.807) is 0 Å². The first-order valence-corrected chi connectivity index (χ1v) is 6.77. The van der Waals surface area contributed by atoms with Crippen molar-refractivity contribution in [3.8, 4) is 0 Å². The lowest BCUT2D eigenvalue weighted by Crippen LogP contribution is -2.46. The highest BCUT2D eigenvalue weighted by atomic mass is 16.3. The fourth-order valence-corrected chi connectivity index (χ4v) is 1.92. The number of rotatable bonds is 7. The van der Waals surface area contributed by atoms with Crippen molar-refractivity contribution in [1.82, 2.24) is 5.32 Å². The van der Waals surface area contributed by atoms with E-state index in [0.717, 1.165) is 5.69 Å². The number of aliphatic hydroxyl groups excluding tert-OH is 1. The topological polar surface area (TPSA) is 61.4 Å². The number of carbonyl (C=O) groups is 1. The molecule has 0 saturated carbocycles. The van der Waals surface area contributed by atoms with Crippen molar-refractivity contribution >= 4 is 11.6 Å². The lowest BCUT2D eigenvalue weighted by molar-refractivity contribution is -0.118. The largest absolute Gasteiger partial charge is 0.396 e. The first kappa shape index (κ1) is 15.7. The number of nitrogens with one attached hydrogen (secondary N) is 2. The zero-order chi connectivity index (χ0) is 14.3. The molecule has 1 aromatic carbocycles. The Labute approximate surface area is 115 Å². The van der Waals surface area contributed by atoms with Gasteiger partial charge in [-0.15, -0.1) is 0 Å². The highest BCUT2D eigenvalue weighted by Crippen LogP contribution is 2.09. The summed E-state index contributed by atoms with van der Waals surface area (Å²) in [4.78, 5) is 12.0. The molecule has 106 valence electrons. The third-order valence-corrected chi connectivity index (χ3v) is 3.14. The predicted octanol–water partition coefficient (Wildman–Crippen LogP) is 2.01. The Balaban J connectivity index is 2.52. The molecule has 0 aromatic heterocycles. The minimum atomic E-state index is -0.292. The molecule has 0 aliphatic heterocycles. The fraction of sp³-hybridized carbons (Fsp3) is 0.533. The Bertz CT molecular complexity index is 379. The minimum Gasteiger partial charge on any atom is -0.396 e. The molecule has 0 aliphatic rings. The Hall–Kier alpha value is -1.39. The standard InChI is InChI=1S/C15H24N2O2/c1-11(2)14(9-10-18)16-12(3)15(19)17-13-7-5-4-6-8-13/h4-8,11-12,14,16,18H,9-10H2,1-3H3,(H,17,19). The predicted molar refractivity (Wildman–Crippen MR) is 78.0 cm³/mol. The number of para-hydroxylation sites is 1. The molecule has 0 heterocycles. The van der Waals surface area contributed by atoms with Crippen LogP contribution in [-0.2, 0) is 4.79 Å². The SMILES string of the molecule is CC(NC(CCO)C(C)C)C(=O)Nc1ccccc1. The number of hydrogen-bond donors (Lipinski definition) is 3. The van der Waals surface area contributed by atoms with Crippen molar-refractivity contribution in [3.63, 3.8) is 0 Å². The summed E-state index contributed by atoms with van der Waals surface area (Å²) in [5.74, 6) is 0.314. The Morgan fingerprint density at radius 2 is 1.84 bits per heavy atom. The summed E-state index contributed by atoms with van der Waals surface area (Å²) >= 11 is 0. The van der Waals surface area contributed by atoms with Crippen LogP contribution >= 0.6 is 0 Å². The molecule has 0 aliphatic carbocycles. The molecule has 0 fully saturated rings. The van der Waals surface area contributed by atoms with Crippen molar-refractivity contribution in [2.24, 2.45) is 5.92 Å². The lowest BCUT2D eigenvalue weighted by Gasteiger charge is -2.25. The Morgan fingerprint density at radius 3 is 2.37 bits per heavy atom. The fourth-order valence-electron chi connectivity index (χ4n) is 1.92. The molecular weight excluding hydrogens is 240 g/mol. The summed E-state index contributed by atoms with van der Waals surface area (Å²) in [5.41, 5.74) is 0.796. The molecule has 4 heteroatoms. The van der Waals surface area contributed by atoms with Crippen molar-refractivity contribution in [2.75, 3.05) is 11.9 Å². The molecule has 1 aromatic rings. The number of aliphatic hydroxyl groups is 1. The maximum absolute atomic E-state index is 12.0. The molecule has 0 radical (unpaired) electrons. The summed E-state index contributed by atoms with van der Waals surface area (Å²) in [6.45, 7) is 6.12. The van der Waals surface area contributed by atoms with Crippen LogP contribution in [0.4, 0.5) is 5.69 Å². The van der Waals surface area contributed by atoms with Gasteiger partial charge in [0.2, 0.25) is 5.91 Å². The first-order valence-electron chi connectivity index (χ1n) is 6.77. The average Bonchev–Trinajstić information content (AvgIpc) is 2.39. The zero-order valence-electron chi connectivity index (χ0n) is 11.9.